The van der Waals surface area contributed by atoms with Crippen LogP contribution in [-0.4, -0.2) is 36.5 Å². The fourth-order valence-electron chi connectivity index (χ4n) is 1.58. The number of hydrogen-bond donors (Lipinski definition) is 2. The summed E-state index contributed by atoms with van der Waals surface area (Å²) in [4.78, 5) is 23.5. The van der Waals surface area contributed by atoms with Gasteiger partial charge in [-0.15, -0.1) is 0 Å². The Kier molecular flexibility index (Phi) is 4.73. The van der Waals surface area contributed by atoms with E-state index in [1.807, 2.05) is 6.26 Å². The fourth-order valence-corrected chi connectivity index (χ4v) is 1.86. The van der Waals surface area contributed by atoms with E-state index in [-0.39, 0.29) is 11.2 Å². The second kappa shape index (κ2) is 6.51. The number of fused-ring (bicyclic) bond motifs is 1. The van der Waals surface area contributed by atoms with Gasteiger partial charge in [-0.2, -0.15) is 11.8 Å². The maximum Gasteiger partial charge on any atom is 0.269 e. The minimum Gasteiger partial charge on any atom is -0.486 e. The third kappa shape index (κ3) is 3.36. The highest BCUT2D eigenvalue weighted by atomic mass is 32.2. The second-order valence-electron chi connectivity index (χ2n) is 4.18. The zero-order chi connectivity index (χ0) is 14.5. The number of benzene rings is 1. The molecular formula is C13H16N2O4S. The van der Waals surface area contributed by atoms with Crippen LogP contribution in [0.4, 0.5) is 0 Å². The van der Waals surface area contributed by atoms with Crippen LogP contribution in [0.15, 0.2) is 18.2 Å². The predicted molar refractivity (Wildman–Crippen MR) is 76.0 cm³/mol. The second-order valence-corrected chi connectivity index (χ2v) is 5.36. The van der Waals surface area contributed by atoms with Crippen molar-refractivity contribution in [2.24, 2.45) is 0 Å². The quantitative estimate of drug-likeness (QED) is 0.813. The minimum absolute atomic E-state index is 0.226. The van der Waals surface area contributed by atoms with Gasteiger partial charge in [0.05, 0.1) is 5.25 Å². The first-order valence-electron chi connectivity index (χ1n) is 6.14. The summed E-state index contributed by atoms with van der Waals surface area (Å²) in [5, 5.41) is -0.226. The molecule has 0 radical (unpaired) electrons. The molecule has 108 valence electrons. The van der Waals surface area contributed by atoms with Gasteiger partial charge in [0.2, 0.25) is 0 Å². The monoisotopic (exact) mass is 296 g/mol. The van der Waals surface area contributed by atoms with Gasteiger partial charge in [-0.05, 0) is 31.4 Å². The summed E-state index contributed by atoms with van der Waals surface area (Å²) >= 11 is 1.40. The van der Waals surface area contributed by atoms with Crippen LogP contribution in [0.25, 0.3) is 0 Å². The Balaban J connectivity index is 1.97. The van der Waals surface area contributed by atoms with Crippen molar-refractivity contribution in [3.8, 4) is 11.5 Å². The molecule has 2 rings (SSSR count). The largest absolute Gasteiger partial charge is 0.486 e. The number of amides is 2. The first kappa shape index (κ1) is 14.5. The molecule has 6 nitrogen and oxygen atoms in total. The summed E-state index contributed by atoms with van der Waals surface area (Å²) in [6.45, 7) is 2.72. The molecule has 1 atom stereocenters. The highest BCUT2D eigenvalue weighted by Crippen LogP contribution is 2.30. The lowest BCUT2D eigenvalue weighted by Crippen LogP contribution is -2.44. The Morgan fingerprint density at radius 3 is 2.60 bits per heavy atom. The van der Waals surface area contributed by atoms with Crippen LogP contribution in [0.3, 0.4) is 0 Å². The van der Waals surface area contributed by atoms with E-state index >= 15 is 0 Å². The molecule has 1 heterocycles. The van der Waals surface area contributed by atoms with Crippen molar-refractivity contribution in [1.82, 2.24) is 10.9 Å². The summed E-state index contributed by atoms with van der Waals surface area (Å²) in [7, 11) is 0. The van der Waals surface area contributed by atoms with Crippen LogP contribution in [0.1, 0.15) is 17.3 Å². The number of hydrogen-bond acceptors (Lipinski definition) is 5. The van der Waals surface area contributed by atoms with Crippen LogP contribution >= 0.6 is 11.8 Å². The number of rotatable bonds is 3. The van der Waals surface area contributed by atoms with Crippen LogP contribution in [-0.2, 0) is 4.79 Å². The van der Waals surface area contributed by atoms with Gasteiger partial charge >= 0.3 is 0 Å². The number of hydrazine groups is 1. The average molecular weight is 296 g/mol. The normalized spacial score (nSPS) is 14.3. The molecule has 0 aliphatic carbocycles. The third-order valence-electron chi connectivity index (χ3n) is 2.83. The summed E-state index contributed by atoms with van der Waals surface area (Å²) in [5.74, 6) is 0.507. The molecule has 2 N–H and O–H groups in total. The molecule has 0 aromatic heterocycles. The van der Waals surface area contributed by atoms with Gasteiger partial charge in [-0.3, -0.25) is 20.4 Å². The van der Waals surface area contributed by atoms with Crippen molar-refractivity contribution >= 4 is 23.6 Å². The van der Waals surface area contributed by atoms with Crippen LogP contribution < -0.4 is 20.3 Å². The Labute approximate surface area is 121 Å². The minimum atomic E-state index is -0.399. The van der Waals surface area contributed by atoms with E-state index in [4.69, 9.17) is 9.47 Å². The molecule has 7 heteroatoms. The Hall–Kier alpha value is -1.89. The number of carbonyl (C=O) groups excluding carboxylic acids is 2. The molecule has 1 aliphatic heterocycles. The van der Waals surface area contributed by atoms with Crippen molar-refractivity contribution in [2.45, 2.75) is 12.2 Å². The van der Waals surface area contributed by atoms with Crippen molar-refractivity contribution in [1.29, 1.82) is 0 Å². The van der Waals surface area contributed by atoms with E-state index in [1.165, 1.54) is 11.8 Å². The highest BCUT2D eigenvalue weighted by molar-refractivity contribution is 7.99. The first-order chi connectivity index (χ1) is 9.61. The van der Waals surface area contributed by atoms with E-state index in [0.717, 1.165) is 0 Å². The topological polar surface area (TPSA) is 76.7 Å². The third-order valence-corrected chi connectivity index (χ3v) is 3.75. The van der Waals surface area contributed by atoms with Gasteiger partial charge in [0.15, 0.2) is 11.5 Å². The number of nitrogens with one attached hydrogen (secondary N) is 2. The van der Waals surface area contributed by atoms with Crippen molar-refractivity contribution in [2.75, 3.05) is 19.5 Å². The van der Waals surface area contributed by atoms with E-state index in [9.17, 15) is 9.59 Å². The molecule has 1 aromatic carbocycles. The van der Waals surface area contributed by atoms with E-state index < -0.39 is 5.91 Å². The Morgan fingerprint density at radius 2 is 1.90 bits per heavy atom. The molecule has 0 fully saturated rings. The van der Waals surface area contributed by atoms with Gasteiger partial charge in [0.1, 0.15) is 13.2 Å². The maximum absolute atomic E-state index is 11.9. The molecule has 20 heavy (non-hydrogen) atoms. The van der Waals surface area contributed by atoms with E-state index in [2.05, 4.69) is 10.9 Å². The molecule has 0 saturated heterocycles. The molecule has 0 bridgehead atoms. The lowest BCUT2D eigenvalue weighted by atomic mass is 10.2. The van der Waals surface area contributed by atoms with Gasteiger partial charge in [-0.1, -0.05) is 0 Å². The van der Waals surface area contributed by atoms with Crippen LogP contribution in [0, 0.1) is 0 Å². The van der Waals surface area contributed by atoms with Crippen molar-refractivity contribution in [3.63, 3.8) is 0 Å². The molecule has 1 unspecified atom stereocenters. The summed E-state index contributed by atoms with van der Waals surface area (Å²) < 4.78 is 10.8. The van der Waals surface area contributed by atoms with Gasteiger partial charge < -0.3 is 9.47 Å². The van der Waals surface area contributed by atoms with E-state index in [0.29, 0.717) is 30.3 Å². The molecule has 0 saturated carbocycles. The molecule has 1 aromatic rings. The Morgan fingerprint density at radius 1 is 1.20 bits per heavy atom. The average Bonchev–Trinajstić information content (AvgIpc) is 2.50. The lowest BCUT2D eigenvalue weighted by molar-refractivity contribution is -0.121. The lowest BCUT2D eigenvalue weighted by Gasteiger charge is -2.18. The fraction of sp³-hybridized carbons (Fsp3) is 0.385. The summed E-state index contributed by atoms with van der Waals surface area (Å²) in [6.07, 6.45) is 1.83. The first-order valence-corrected chi connectivity index (χ1v) is 7.43. The van der Waals surface area contributed by atoms with Gasteiger partial charge in [-0.25, -0.2) is 0 Å². The molecule has 0 spiro atoms. The predicted octanol–water partition coefficient (Wildman–Crippen LogP) is 0.970. The maximum atomic E-state index is 11.9. The standard InChI is InChI=1S/C13H16N2O4S/c1-8(20-2)12(16)14-15-13(17)9-3-4-10-11(7-9)19-6-5-18-10/h3-4,7-8H,5-6H2,1-2H3,(H,14,16)(H,15,17). The van der Waals surface area contributed by atoms with Crippen LogP contribution in [0.2, 0.25) is 0 Å². The molecule has 1 aliphatic rings. The summed E-state index contributed by atoms with van der Waals surface area (Å²) in [5.41, 5.74) is 5.15. The van der Waals surface area contributed by atoms with Crippen molar-refractivity contribution in [3.05, 3.63) is 23.8 Å². The zero-order valence-corrected chi connectivity index (χ0v) is 12.1. The van der Waals surface area contributed by atoms with Crippen LogP contribution in [0.5, 0.6) is 11.5 Å². The smallest absolute Gasteiger partial charge is 0.269 e. The highest BCUT2D eigenvalue weighted by Gasteiger charge is 2.16. The number of thioether (sulfide) groups is 1. The zero-order valence-electron chi connectivity index (χ0n) is 11.3. The Bertz CT molecular complexity index is 521. The van der Waals surface area contributed by atoms with Crippen molar-refractivity contribution < 1.29 is 19.1 Å². The SMILES string of the molecule is CSC(C)C(=O)NNC(=O)c1ccc2c(c1)OCCO2. The molecule has 2 amide bonds. The van der Waals surface area contributed by atoms with Gasteiger partial charge in [0.25, 0.3) is 11.8 Å². The molecular weight excluding hydrogens is 280 g/mol. The van der Waals surface area contributed by atoms with E-state index in [1.54, 1.807) is 25.1 Å². The van der Waals surface area contributed by atoms with Gasteiger partial charge in [0, 0.05) is 5.56 Å². The summed E-state index contributed by atoms with van der Waals surface area (Å²) in [6, 6.07) is 4.89. The number of carbonyl (C=O) groups is 2. The number of ether oxygens (including phenoxy) is 2.